The highest BCUT2D eigenvalue weighted by atomic mass is 16.7. The van der Waals surface area contributed by atoms with Crippen LogP contribution in [0.25, 0.3) is 11.1 Å². The Balaban J connectivity index is 2.22. The van der Waals surface area contributed by atoms with Crippen LogP contribution in [0.1, 0.15) is 58.0 Å². The van der Waals surface area contributed by atoms with Gasteiger partial charge in [0.2, 0.25) is 18.3 Å². The molecule has 11 nitrogen and oxygen atoms in total. The molecule has 0 spiro atoms. The van der Waals surface area contributed by atoms with Gasteiger partial charge in [-0.3, -0.25) is 4.79 Å². The van der Waals surface area contributed by atoms with Crippen molar-refractivity contribution >= 4 is 11.9 Å². The highest BCUT2D eigenvalue weighted by Gasteiger charge is 2.51. The number of fused-ring (bicyclic) bond motifs is 4. The number of methoxy groups -OCH3 is 3. The Labute approximate surface area is 232 Å². The van der Waals surface area contributed by atoms with E-state index in [1.54, 1.807) is 32.9 Å². The van der Waals surface area contributed by atoms with Crippen LogP contribution in [0, 0.1) is 5.92 Å². The van der Waals surface area contributed by atoms with E-state index in [2.05, 4.69) is 0 Å². The summed E-state index contributed by atoms with van der Waals surface area (Å²) in [6, 6.07) is 3.15. The quantitative estimate of drug-likeness (QED) is 0.386. The number of aromatic hydroxyl groups is 1. The van der Waals surface area contributed by atoms with Crippen LogP contribution in [-0.4, -0.2) is 55.9 Å². The molecule has 4 atom stereocenters. The summed E-state index contributed by atoms with van der Waals surface area (Å²) in [4.78, 5) is 25.5. The summed E-state index contributed by atoms with van der Waals surface area (Å²) in [6.45, 7) is 7.57. The molecule has 1 aliphatic heterocycles. The van der Waals surface area contributed by atoms with Crippen molar-refractivity contribution in [1.82, 2.24) is 0 Å². The molecule has 2 aromatic carbocycles. The van der Waals surface area contributed by atoms with E-state index in [0.717, 1.165) is 0 Å². The molecule has 2 aromatic rings. The van der Waals surface area contributed by atoms with Gasteiger partial charge < -0.3 is 43.4 Å². The number of aliphatic hydroxyl groups is 1. The average Bonchev–Trinajstić information content (AvgIpc) is 3.40. The maximum atomic E-state index is 13.1. The lowest BCUT2D eigenvalue weighted by Gasteiger charge is -2.43. The molecule has 0 radical (unpaired) electrons. The normalized spacial score (nSPS) is 23.2. The molecule has 0 saturated heterocycles. The molecule has 2 N–H and O–H groups in total. The van der Waals surface area contributed by atoms with E-state index in [9.17, 15) is 19.8 Å². The van der Waals surface area contributed by atoms with Crippen molar-refractivity contribution in [3.05, 3.63) is 34.9 Å². The van der Waals surface area contributed by atoms with Crippen molar-refractivity contribution < 1.29 is 53.0 Å². The van der Waals surface area contributed by atoms with Crippen LogP contribution in [0.3, 0.4) is 0 Å². The number of hydrogen-bond acceptors (Lipinski definition) is 11. The molecule has 0 unspecified atom stereocenters. The minimum absolute atomic E-state index is 0.0149. The number of hydrogen-bond donors (Lipinski definition) is 2. The number of benzene rings is 2. The molecule has 216 valence electrons. The van der Waals surface area contributed by atoms with Gasteiger partial charge in [-0.05, 0) is 32.9 Å². The van der Waals surface area contributed by atoms with E-state index in [0.29, 0.717) is 16.9 Å². The zero-order chi connectivity index (χ0) is 29.5. The van der Waals surface area contributed by atoms with Crippen molar-refractivity contribution in [2.45, 2.75) is 52.4 Å². The first-order chi connectivity index (χ1) is 18.9. The maximum Gasteiger partial charge on any atom is 0.334 e. The van der Waals surface area contributed by atoms with E-state index < -0.39 is 35.7 Å². The smallest absolute Gasteiger partial charge is 0.334 e. The Bertz CT molecular complexity index is 1380. The van der Waals surface area contributed by atoms with Gasteiger partial charge in [0.25, 0.3) is 0 Å². The summed E-state index contributed by atoms with van der Waals surface area (Å²) < 4.78 is 39.9. The fourth-order valence-corrected chi connectivity index (χ4v) is 5.15. The Morgan fingerprint density at radius 2 is 1.68 bits per heavy atom. The van der Waals surface area contributed by atoms with E-state index >= 15 is 0 Å². The Morgan fingerprint density at radius 1 is 1.00 bits per heavy atom. The molecular weight excluding hydrogens is 524 g/mol. The lowest BCUT2D eigenvalue weighted by atomic mass is 9.71. The standard InChI is InChI=1S/C29H34O11/c1-9-13(2)28(32)40-27-17-11-18(34-6)24(35-7)22(31)20(17)21-16(10-19-25(26(21)36-8)38-12-37-19)23(39-15(4)30)14(3)29(27,5)33/h9-11,14,23,27,31,33H,12H2,1-8H3/b13-9+/t14-,23+,27-,29-/m0/s1. The topological polar surface area (TPSA) is 139 Å². The van der Waals surface area contributed by atoms with Crippen LogP contribution < -0.4 is 23.7 Å². The van der Waals surface area contributed by atoms with Crippen LogP contribution in [0.2, 0.25) is 0 Å². The third kappa shape index (κ3) is 4.53. The number of esters is 2. The molecule has 4 rings (SSSR count). The third-order valence-electron chi connectivity index (χ3n) is 7.55. The summed E-state index contributed by atoms with van der Waals surface area (Å²) in [5, 5.41) is 23.9. The molecule has 0 bridgehead atoms. The van der Waals surface area contributed by atoms with Gasteiger partial charge in [0.15, 0.2) is 29.1 Å². The molecule has 0 saturated carbocycles. The van der Waals surface area contributed by atoms with Crippen molar-refractivity contribution in [3.8, 4) is 45.6 Å². The first-order valence-electron chi connectivity index (χ1n) is 12.6. The summed E-state index contributed by atoms with van der Waals surface area (Å²) in [7, 11) is 4.17. The lowest BCUT2D eigenvalue weighted by molar-refractivity contribution is -0.182. The van der Waals surface area contributed by atoms with Gasteiger partial charge in [0, 0.05) is 40.7 Å². The lowest BCUT2D eigenvalue weighted by Crippen LogP contribution is -2.46. The predicted octanol–water partition coefficient (Wildman–Crippen LogP) is 4.37. The number of carbonyl (C=O) groups is 2. The van der Waals surface area contributed by atoms with Gasteiger partial charge in [-0.1, -0.05) is 13.0 Å². The van der Waals surface area contributed by atoms with Gasteiger partial charge in [0.1, 0.15) is 11.7 Å². The fraction of sp³-hybridized carbons (Fsp3) is 0.448. The van der Waals surface area contributed by atoms with Crippen LogP contribution >= 0.6 is 0 Å². The molecular formula is C29H34O11. The van der Waals surface area contributed by atoms with Crippen molar-refractivity contribution in [3.63, 3.8) is 0 Å². The van der Waals surface area contributed by atoms with Crippen LogP contribution in [-0.2, 0) is 19.1 Å². The van der Waals surface area contributed by atoms with E-state index in [-0.39, 0.29) is 52.2 Å². The second kappa shape index (κ2) is 10.8. The molecule has 1 aliphatic carbocycles. The zero-order valence-electron chi connectivity index (χ0n) is 23.7. The highest BCUT2D eigenvalue weighted by Crippen LogP contribution is 2.61. The van der Waals surface area contributed by atoms with Crippen LogP contribution in [0.4, 0.5) is 0 Å². The van der Waals surface area contributed by atoms with Crippen molar-refractivity contribution in [2.24, 2.45) is 5.92 Å². The first kappa shape index (κ1) is 28.9. The van der Waals surface area contributed by atoms with Crippen LogP contribution in [0.5, 0.6) is 34.5 Å². The highest BCUT2D eigenvalue weighted by molar-refractivity contribution is 5.91. The molecule has 1 heterocycles. The van der Waals surface area contributed by atoms with Gasteiger partial charge in [-0.15, -0.1) is 0 Å². The second-order valence-electron chi connectivity index (χ2n) is 9.83. The monoisotopic (exact) mass is 558 g/mol. The minimum atomic E-state index is -1.86. The summed E-state index contributed by atoms with van der Waals surface area (Å²) in [6.07, 6.45) is -0.903. The average molecular weight is 559 g/mol. The Morgan fingerprint density at radius 3 is 2.25 bits per heavy atom. The SMILES string of the molecule is C/C=C(\C)C(=O)O[C@H]1c2cc(OC)c(OC)c(O)c2-c2c(cc3c(c2OC)OCO3)[C@H](OC(C)=O)[C@H](C)[C@]1(C)O. The molecule has 0 aromatic heterocycles. The third-order valence-corrected chi connectivity index (χ3v) is 7.55. The predicted molar refractivity (Wildman–Crippen MR) is 142 cm³/mol. The second-order valence-corrected chi connectivity index (χ2v) is 9.83. The Hall–Kier alpha value is -4.12. The summed E-state index contributed by atoms with van der Waals surface area (Å²) >= 11 is 0. The maximum absolute atomic E-state index is 13.1. The number of rotatable bonds is 6. The van der Waals surface area contributed by atoms with Crippen LogP contribution in [0.15, 0.2) is 23.8 Å². The fourth-order valence-electron chi connectivity index (χ4n) is 5.15. The molecule has 11 heteroatoms. The van der Waals surface area contributed by atoms with Gasteiger partial charge in [-0.25, -0.2) is 4.79 Å². The molecule has 0 amide bonds. The van der Waals surface area contributed by atoms with E-state index in [1.165, 1.54) is 41.2 Å². The molecule has 2 aliphatic rings. The first-order valence-corrected chi connectivity index (χ1v) is 12.6. The van der Waals surface area contributed by atoms with Gasteiger partial charge >= 0.3 is 11.9 Å². The van der Waals surface area contributed by atoms with E-state index in [1.807, 2.05) is 0 Å². The van der Waals surface area contributed by atoms with Gasteiger partial charge in [-0.2, -0.15) is 0 Å². The number of allylic oxidation sites excluding steroid dienone is 1. The van der Waals surface area contributed by atoms with Crippen molar-refractivity contribution in [1.29, 1.82) is 0 Å². The molecule has 40 heavy (non-hydrogen) atoms. The number of ether oxygens (including phenoxy) is 7. The summed E-state index contributed by atoms with van der Waals surface area (Å²) in [5.41, 5.74) is -0.618. The van der Waals surface area contributed by atoms with Gasteiger partial charge in [0.05, 0.1) is 21.3 Å². The van der Waals surface area contributed by atoms with E-state index in [4.69, 9.17) is 33.2 Å². The number of carbonyl (C=O) groups excluding carboxylic acids is 2. The zero-order valence-corrected chi connectivity index (χ0v) is 23.7. The summed E-state index contributed by atoms with van der Waals surface area (Å²) in [5.74, 6) is -1.68. The number of phenolic OH excluding ortho intramolecular Hbond substituents is 1. The Kier molecular flexibility index (Phi) is 7.80. The minimum Gasteiger partial charge on any atom is -0.504 e. The number of phenols is 1. The molecule has 0 fully saturated rings. The largest absolute Gasteiger partial charge is 0.504 e. The van der Waals surface area contributed by atoms with Crippen molar-refractivity contribution in [2.75, 3.05) is 28.1 Å².